The van der Waals surface area contributed by atoms with Crippen LogP contribution in [0.2, 0.25) is 20.1 Å². The number of carbonyl (C=O) groups is 1. The number of Topliss-reactive ketones (excluding diaryl/α,β-unsaturated/α-hetero) is 1. The molecule has 0 unspecified atom stereocenters. The molecule has 0 bridgehead atoms. The highest BCUT2D eigenvalue weighted by Gasteiger charge is 2.14. The number of hydrogen-bond acceptors (Lipinski definition) is 2. The van der Waals surface area contributed by atoms with E-state index in [1.165, 1.54) is 6.92 Å². The second kappa shape index (κ2) is 6.29. The van der Waals surface area contributed by atoms with Crippen LogP contribution < -0.4 is 0 Å². The van der Waals surface area contributed by atoms with Crippen LogP contribution in [0.5, 0.6) is 0 Å². The Morgan fingerprint density at radius 3 is 2.30 bits per heavy atom. The normalized spacial score (nSPS) is 11.0. The average molecular weight is 385 g/mol. The van der Waals surface area contributed by atoms with Gasteiger partial charge in [-0.1, -0.05) is 52.5 Å². The van der Waals surface area contributed by atoms with Gasteiger partial charge in [0.2, 0.25) is 0 Å². The maximum Gasteiger partial charge on any atom is 0.160 e. The lowest BCUT2D eigenvalue weighted by Gasteiger charge is -2.10. The lowest BCUT2D eigenvalue weighted by atomic mass is 10.0. The maximum absolute atomic E-state index is 12.0. The minimum Gasteiger partial charge on any atom is -0.294 e. The average Bonchev–Trinajstić information content (AvgIpc) is 2.49. The van der Waals surface area contributed by atoms with Crippen molar-refractivity contribution in [3.8, 4) is 11.3 Å². The van der Waals surface area contributed by atoms with Crippen molar-refractivity contribution in [1.82, 2.24) is 4.98 Å². The fourth-order valence-corrected chi connectivity index (χ4v) is 3.18. The molecule has 0 radical (unpaired) electrons. The van der Waals surface area contributed by atoms with Crippen LogP contribution in [-0.2, 0) is 0 Å². The summed E-state index contributed by atoms with van der Waals surface area (Å²) >= 11 is 24.3. The van der Waals surface area contributed by atoms with Crippen LogP contribution in [0.15, 0.2) is 36.4 Å². The van der Waals surface area contributed by atoms with Crippen LogP contribution in [0.1, 0.15) is 17.3 Å². The molecule has 2 aromatic carbocycles. The van der Waals surface area contributed by atoms with Gasteiger partial charge in [-0.2, -0.15) is 0 Å². The molecule has 0 saturated heterocycles. The SMILES string of the molecule is CC(=O)c1cc(-c2ccc(Cl)c(Cl)c2)nc2c(Cl)cc(Cl)cc12. The summed E-state index contributed by atoms with van der Waals surface area (Å²) in [5.41, 5.74) is 2.35. The van der Waals surface area contributed by atoms with Gasteiger partial charge >= 0.3 is 0 Å². The van der Waals surface area contributed by atoms with E-state index in [0.29, 0.717) is 42.3 Å². The van der Waals surface area contributed by atoms with Gasteiger partial charge in [-0.25, -0.2) is 4.98 Å². The van der Waals surface area contributed by atoms with E-state index in [4.69, 9.17) is 46.4 Å². The van der Waals surface area contributed by atoms with E-state index in [-0.39, 0.29) is 5.78 Å². The van der Waals surface area contributed by atoms with Crippen molar-refractivity contribution in [2.45, 2.75) is 6.92 Å². The fraction of sp³-hybridized carbons (Fsp3) is 0.0588. The highest BCUT2D eigenvalue weighted by molar-refractivity contribution is 6.42. The highest BCUT2D eigenvalue weighted by Crippen LogP contribution is 2.34. The number of rotatable bonds is 2. The Hall–Kier alpha value is -1.32. The van der Waals surface area contributed by atoms with Crippen molar-refractivity contribution in [3.63, 3.8) is 0 Å². The predicted octanol–water partition coefficient (Wildman–Crippen LogP) is 6.72. The summed E-state index contributed by atoms with van der Waals surface area (Å²) in [6.07, 6.45) is 0. The molecule has 3 aromatic rings. The van der Waals surface area contributed by atoms with Crippen molar-refractivity contribution in [2.75, 3.05) is 0 Å². The number of benzene rings is 2. The minimum atomic E-state index is -0.1000. The third kappa shape index (κ3) is 3.17. The molecule has 0 saturated carbocycles. The van der Waals surface area contributed by atoms with E-state index < -0.39 is 0 Å². The topological polar surface area (TPSA) is 30.0 Å². The van der Waals surface area contributed by atoms with Gasteiger partial charge in [0.15, 0.2) is 5.78 Å². The van der Waals surface area contributed by atoms with Crippen molar-refractivity contribution >= 4 is 63.1 Å². The first-order valence-electron chi connectivity index (χ1n) is 6.63. The van der Waals surface area contributed by atoms with E-state index in [1.807, 2.05) is 0 Å². The second-order valence-corrected chi connectivity index (χ2v) is 6.68. The number of carbonyl (C=O) groups excluding carboxylic acids is 1. The van der Waals surface area contributed by atoms with Gasteiger partial charge in [0.05, 0.1) is 26.3 Å². The zero-order valence-corrected chi connectivity index (χ0v) is 14.9. The monoisotopic (exact) mass is 383 g/mol. The summed E-state index contributed by atoms with van der Waals surface area (Å²) in [6, 6.07) is 10.2. The Kier molecular flexibility index (Phi) is 4.52. The third-order valence-corrected chi connectivity index (χ3v) is 4.67. The van der Waals surface area contributed by atoms with E-state index in [2.05, 4.69) is 4.98 Å². The first-order chi connectivity index (χ1) is 10.9. The van der Waals surface area contributed by atoms with E-state index in [9.17, 15) is 4.79 Å². The maximum atomic E-state index is 12.0. The summed E-state index contributed by atoms with van der Waals surface area (Å²) in [7, 11) is 0. The molecular weight excluding hydrogens is 376 g/mol. The minimum absolute atomic E-state index is 0.1000. The predicted molar refractivity (Wildman–Crippen MR) is 97.2 cm³/mol. The number of nitrogens with zero attached hydrogens (tertiary/aromatic N) is 1. The zero-order chi connectivity index (χ0) is 16.7. The summed E-state index contributed by atoms with van der Waals surface area (Å²) in [6.45, 7) is 1.49. The Labute approximate surface area is 152 Å². The third-order valence-electron chi connectivity index (χ3n) is 3.43. The molecule has 3 rings (SSSR count). The van der Waals surface area contributed by atoms with Gasteiger partial charge < -0.3 is 0 Å². The largest absolute Gasteiger partial charge is 0.294 e. The molecule has 0 N–H and O–H groups in total. The van der Waals surface area contributed by atoms with Crippen molar-refractivity contribution in [1.29, 1.82) is 0 Å². The number of fused-ring (bicyclic) bond motifs is 1. The summed E-state index contributed by atoms with van der Waals surface area (Å²) in [5.74, 6) is -0.1000. The molecule has 0 amide bonds. The Morgan fingerprint density at radius 2 is 1.65 bits per heavy atom. The van der Waals surface area contributed by atoms with Gasteiger partial charge in [-0.05, 0) is 37.3 Å². The molecule has 2 nitrogen and oxygen atoms in total. The zero-order valence-electron chi connectivity index (χ0n) is 11.8. The fourth-order valence-electron chi connectivity index (χ4n) is 2.35. The smallest absolute Gasteiger partial charge is 0.160 e. The number of ketones is 1. The first-order valence-corrected chi connectivity index (χ1v) is 8.14. The number of pyridine rings is 1. The lowest BCUT2D eigenvalue weighted by molar-refractivity contribution is 0.101. The molecule has 1 aromatic heterocycles. The molecule has 1 heterocycles. The molecular formula is C17H9Cl4NO. The lowest BCUT2D eigenvalue weighted by Crippen LogP contribution is -1.98. The van der Waals surface area contributed by atoms with Crippen LogP contribution in [0.25, 0.3) is 22.2 Å². The van der Waals surface area contributed by atoms with Gasteiger partial charge in [0.1, 0.15) is 0 Å². The van der Waals surface area contributed by atoms with Crippen LogP contribution >= 0.6 is 46.4 Å². The van der Waals surface area contributed by atoms with E-state index in [0.717, 1.165) is 5.56 Å². The van der Waals surface area contributed by atoms with Crippen molar-refractivity contribution in [2.24, 2.45) is 0 Å². The standard InChI is InChI=1S/C17H9Cl4NO/c1-8(23)11-7-16(9-2-3-13(19)14(20)4-9)22-17-12(11)5-10(18)6-15(17)21/h2-7H,1H3. The van der Waals surface area contributed by atoms with Crippen LogP contribution in [0, 0.1) is 0 Å². The van der Waals surface area contributed by atoms with Crippen LogP contribution in [0.3, 0.4) is 0 Å². The molecule has 0 spiro atoms. The molecule has 0 aliphatic heterocycles. The molecule has 6 heteroatoms. The summed E-state index contributed by atoms with van der Waals surface area (Å²) in [5, 5.41) is 2.33. The summed E-state index contributed by atoms with van der Waals surface area (Å²) < 4.78 is 0. The van der Waals surface area contributed by atoms with Gasteiger partial charge in [0.25, 0.3) is 0 Å². The molecule has 0 aliphatic rings. The number of halogens is 4. The first kappa shape index (κ1) is 16.5. The Morgan fingerprint density at radius 1 is 0.913 bits per heavy atom. The molecule has 23 heavy (non-hydrogen) atoms. The summed E-state index contributed by atoms with van der Waals surface area (Å²) in [4.78, 5) is 16.6. The molecule has 0 aliphatic carbocycles. The van der Waals surface area contributed by atoms with Crippen molar-refractivity contribution in [3.05, 3.63) is 62.1 Å². The highest BCUT2D eigenvalue weighted by atomic mass is 35.5. The van der Waals surface area contributed by atoms with Crippen LogP contribution in [0.4, 0.5) is 0 Å². The van der Waals surface area contributed by atoms with E-state index in [1.54, 1.807) is 36.4 Å². The molecule has 0 atom stereocenters. The van der Waals surface area contributed by atoms with Gasteiger partial charge in [-0.3, -0.25) is 4.79 Å². The van der Waals surface area contributed by atoms with Crippen molar-refractivity contribution < 1.29 is 4.79 Å². The number of hydrogen-bond donors (Lipinski definition) is 0. The molecule has 0 fully saturated rings. The second-order valence-electron chi connectivity index (χ2n) is 5.02. The van der Waals surface area contributed by atoms with Gasteiger partial charge in [-0.15, -0.1) is 0 Å². The quantitative estimate of drug-likeness (QED) is 0.459. The number of aromatic nitrogens is 1. The Balaban J connectivity index is 2.34. The van der Waals surface area contributed by atoms with Gasteiger partial charge in [0, 0.05) is 21.5 Å². The van der Waals surface area contributed by atoms with Crippen LogP contribution in [-0.4, -0.2) is 10.8 Å². The van der Waals surface area contributed by atoms with E-state index >= 15 is 0 Å². The molecule has 116 valence electrons. The Bertz CT molecular complexity index is 953.